The Kier molecular flexibility index (Phi) is 6.94. The van der Waals surface area contributed by atoms with E-state index in [9.17, 15) is 19.5 Å². The molecule has 8 nitrogen and oxygen atoms in total. The highest BCUT2D eigenvalue weighted by Gasteiger charge is 2.48. The fraction of sp³-hybridized carbons (Fsp3) is 0.259. The van der Waals surface area contributed by atoms with E-state index >= 15 is 0 Å². The summed E-state index contributed by atoms with van der Waals surface area (Å²) in [7, 11) is 1.54. The first kappa shape index (κ1) is 25.1. The summed E-state index contributed by atoms with van der Waals surface area (Å²) in [6.07, 6.45) is 0. The molecule has 36 heavy (non-hydrogen) atoms. The lowest BCUT2D eigenvalue weighted by atomic mass is 9.93. The zero-order chi connectivity index (χ0) is 26.1. The van der Waals surface area contributed by atoms with Gasteiger partial charge < -0.3 is 14.6 Å². The van der Waals surface area contributed by atoms with E-state index in [1.54, 1.807) is 51.1 Å². The number of aliphatic hydroxyl groups is 1. The number of Topliss-reactive ketones (excluding diaryl/α,β-unsaturated/α-hetero) is 1. The van der Waals surface area contributed by atoms with Gasteiger partial charge in [0.05, 0.1) is 31.0 Å². The number of aromatic nitrogens is 1. The van der Waals surface area contributed by atoms with Crippen molar-refractivity contribution in [2.45, 2.75) is 33.7 Å². The Hall–Kier alpha value is -3.98. The molecule has 1 aliphatic rings. The minimum Gasteiger partial charge on any atom is -0.507 e. The number of anilines is 1. The number of carbonyl (C=O) groups is 3. The number of esters is 1. The normalized spacial score (nSPS) is 16.9. The molecule has 0 bridgehead atoms. The Bertz CT molecular complexity index is 1390. The number of aliphatic hydroxyl groups excluding tert-OH is 1. The first-order chi connectivity index (χ1) is 17.2. The predicted octanol–water partition coefficient (Wildman–Crippen LogP) is 4.88. The van der Waals surface area contributed by atoms with E-state index in [1.807, 2.05) is 19.1 Å². The Morgan fingerprint density at radius 1 is 1.11 bits per heavy atom. The maximum atomic E-state index is 13.4. The van der Waals surface area contributed by atoms with Crippen LogP contribution in [0.15, 0.2) is 48.0 Å². The molecular formula is C27H26N2O6S. The predicted molar refractivity (Wildman–Crippen MR) is 137 cm³/mol. The van der Waals surface area contributed by atoms with Crippen molar-refractivity contribution in [2.75, 3.05) is 18.6 Å². The number of ketones is 1. The van der Waals surface area contributed by atoms with Crippen molar-refractivity contribution in [2.24, 2.45) is 0 Å². The monoisotopic (exact) mass is 506 g/mol. The van der Waals surface area contributed by atoms with Gasteiger partial charge in [0.15, 0.2) is 5.13 Å². The molecule has 2 aromatic carbocycles. The number of thiazole rings is 1. The van der Waals surface area contributed by atoms with Gasteiger partial charge in [-0.15, -0.1) is 0 Å². The Morgan fingerprint density at radius 3 is 2.42 bits per heavy atom. The zero-order valence-electron chi connectivity index (χ0n) is 20.6. The van der Waals surface area contributed by atoms with Crippen LogP contribution in [-0.2, 0) is 14.3 Å². The maximum absolute atomic E-state index is 13.4. The van der Waals surface area contributed by atoms with Crippen molar-refractivity contribution in [1.82, 2.24) is 4.98 Å². The van der Waals surface area contributed by atoms with Crippen molar-refractivity contribution >= 4 is 39.9 Å². The molecule has 186 valence electrons. The summed E-state index contributed by atoms with van der Waals surface area (Å²) in [5, 5.41) is 11.5. The van der Waals surface area contributed by atoms with Crippen molar-refractivity contribution in [3.8, 4) is 5.75 Å². The highest BCUT2D eigenvalue weighted by atomic mass is 32.1. The molecular weight excluding hydrogens is 480 g/mol. The number of hydrogen-bond acceptors (Lipinski definition) is 8. The van der Waals surface area contributed by atoms with Crippen LogP contribution in [0.4, 0.5) is 5.13 Å². The average Bonchev–Trinajstić information content (AvgIpc) is 3.36. The summed E-state index contributed by atoms with van der Waals surface area (Å²) < 4.78 is 10.4. The third-order valence-corrected chi connectivity index (χ3v) is 7.12. The van der Waals surface area contributed by atoms with Crippen LogP contribution < -0.4 is 9.64 Å². The van der Waals surface area contributed by atoms with Gasteiger partial charge in [-0.3, -0.25) is 14.5 Å². The van der Waals surface area contributed by atoms with Crippen LogP contribution in [0.5, 0.6) is 5.75 Å². The largest absolute Gasteiger partial charge is 0.507 e. The van der Waals surface area contributed by atoms with E-state index in [2.05, 4.69) is 4.98 Å². The number of hydrogen-bond donors (Lipinski definition) is 1. The SMILES string of the molecule is CCOC(=O)c1sc(N2C(=O)C(=O)C(=C(O)c3ccc(OC)cc3C)C2c2ccc(C)cc2)nc1C. The molecule has 0 spiro atoms. The van der Waals surface area contributed by atoms with Crippen molar-refractivity contribution in [1.29, 1.82) is 0 Å². The highest BCUT2D eigenvalue weighted by molar-refractivity contribution is 7.17. The van der Waals surface area contributed by atoms with E-state index in [1.165, 1.54) is 12.0 Å². The maximum Gasteiger partial charge on any atom is 0.350 e. The molecule has 1 N–H and O–H groups in total. The average molecular weight is 507 g/mol. The van der Waals surface area contributed by atoms with Gasteiger partial charge in [0.25, 0.3) is 5.78 Å². The van der Waals surface area contributed by atoms with Gasteiger partial charge in [-0.1, -0.05) is 41.2 Å². The van der Waals surface area contributed by atoms with Crippen molar-refractivity contribution < 1.29 is 29.0 Å². The molecule has 9 heteroatoms. The van der Waals surface area contributed by atoms with E-state index in [0.717, 1.165) is 16.9 Å². The second-order valence-electron chi connectivity index (χ2n) is 8.39. The third-order valence-electron chi connectivity index (χ3n) is 5.98. The zero-order valence-corrected chi connectivity index (χ0v) is 21.4. The molecule has 1 amide bonds. The highest BCUT2D eigenvalue weighted by Crippen LogP contribution is 2.44. The minimum atomic E-state index is -0.937. The standard InChI is InChI=1S/C27H26N2O6S/c1-6-35-26(33)24-16(4)28-27(36-24)29-21(17-9-7-14(2)8-10-17)20(23(31)25(29)32)22(30)19-12-11-18(34-5)13-15(19)3/h7-13,21,30H,6H2,1-5H3. The lowest BCUT2D eigenvalue weighted by molar-refractivity contribution is -0.132. The number of carbonyl (C=O) groups excluding carboxylic acids is 3. The molecule has 4 rings (SSSR count). The van der Waals surface area contributed by atoms with Crippen LogP contribution in [0.2, 0.25) is 0 Å². The molecule has 2 heterocycles. The number of rotatable bonds is 6. The van der Waals surface area contributed by atoms with Gasteiger partial charge in [0.1, 0.15) is 16.4 Å². The summed E-state index contributed by atoms with van der Waals surface area (Å²) in [6.45, 7) is 7.25. The quantitative estimate of drug-likeness (QED) is 0.220. The van der Waals surface area contributed by atoms with Gasteiger partial charge in [-0.2, -0.15) is 0 Å². The molecule has 0 radical (unpaired) electrons. The van der Waals surface area contributed by atoms with E-state index in [0.29, 0.717) is 28.1 Å². The minimum absolute atomic E-state index is 0.0531. The van der Waals surface area contributed by atoms with Crippen molar-refractivity contribution in [3.63, 3.8) is 0 Å². The Balaban J connectivity index is 1.92. The molecule has 1 aromatic heterocycles. The van der Waals surface area contributed by atoms with Gasteiger partial charge in [-0.25, -0.2) is 9.78 Å². The van der Waals surface area contributed by atoms with E-state index in [-0.39, 0.29) is 27.9 Å². The second-order valence-corrected chi connectivity index (χ2v) is 9.37. The Labute approximate surface area is 212 Å². The van der Waals surface area contributed by atoms with Gasteiger partial charge in [0, 0.05) is 5.56 Å². The molecule has 0 aliphatic carbocycles. The molecule has 3 aromatic rings. The summed E-state index contributed by atoms with van der Waals surface area (Å²) >= 11 is 0.976. The van der Waals surface area contributed by atoms with Crippen LogP contribution in [0, 0.1) is 20.8 Å². The van der Waals surface area contributed by atoms with Crippen LogP contribution >= 0.6 is 11.3 Å². The summed E-state index contributed by atoms with van der Waals surface area (Å²) in [4.78, 5) is 45.1. The van der Waals surface area contributed by atoms with Gasteiger partial charge in [0.2, 0.25) is 0 Å². The smallest absolute Gasteiger partial charge is 0.350 e. The number of nitrogens with zero attached hydrogens (tertiary/aromatic N) is 2. The summed E-state index contributed by atoms with van der Waals surface area (Å²) in [5.41, 5.74) is 3.05. The summed E-state index contributed by atoms with van der Waals surface area (Å²) in [6, 6.07) is 11.5. The van der Waals surface area contributed by atoms with Crippen LogP contribution in [0.1, 0.15) is 50.6 Å². The molecule has 1 aliphatic heterocycles. The molecule has 1 fully saturated rings. The third kappa shape index (κ3) is 4.37. The lowest BCUT2D eigenvalue weighted by Gasteiger charge is -2.23. The van der Waals surface area contributed by atoms with E-state index < -0.39 is 23.7 Å². The first-order valence-electron chi connectivity index (χ1n) is 11.3. The number of aryl methyl sites for hydroxylation is 3. The fourth-order valence-corrected chi connectivity index (χ4v) is 5.13. The van der Waals surface area contributed by atoms with Gasteiger partial charge in [-0.05, 0) is 57.0 Å². The molecule has 1 atom stereocenters. The van der Waals surface area contributed by atoms with Crippen LogP contribution in [0.3, 0.4) is 0 Å². The van der Waals surface area contributed by atoms with Crippen LogP contribution in [-0.4, -0.2) is 41.5 Å². The molecule has 1 saturated heterocycles. The first-order valence-corrected chi connectivity index (χ1v) is 12.2. The van der Waals surface area contributed by atoms with Crippen molar-refractivity contribution in [3.05, 3.63) is 80.9 Å². The lowest BCUT2D eigenvalue weighted by Crippen LogP contribution is -2.29. The van der Waals surface area contributed by atoms with Gasteiger partial charge >= 0.3 is 11.9 Å². The van der Waals surface area contributed by atoms with E-state index in [4.69, 9.17) is 9.47 Å². The number of methoxy groups -OCH3 is 1. The topological polar surface area (TPSA) is 106 Å². The molecule has 0 saturated carbocycles. The molecule has 1 unspecified atom stereocenters. The van der Waals surface area contributed by atoms with Crippen LogP contribution in [0.25, 0.3) is 5.76 Å². The summed E-state index contributed by atoms with van der Waals surface area (Å²) in [5.74, 6) is -1.91. The second kappa shape index (κ2) is 9.94. The number of ether oxygens (including phenoxy) is 2. The fourth-order valence-electron chi connectivity index (χ4n) is 4.14. The Morgan fingerprint density at radius 2 is 1.81 bits per heavy atom. The number of benzene rings is 2. The number of amides is 1.